The average Bonchev–Trinajstić information content (AvgIpc) is 3.31. The van der Waals surface area contributed by atoms with Gasteiger partial charge in [-0.05, 0) is 59.2 Å². The standard InChI is InChI=1S/C24H26ClN5O4/c1-4-5-12-33-23(31)21-15(2)26-24-27-28-29-30(24)22(21)17-8-11-19(20(13-17)32-3)34-14-16-6-9-18(25)10-7-16/h6-11,13,22H,4-5,12,14H2,1-3H3,(H,26,27,29). The van der Waals surface area contributed by atoms with Crippen molar-refractivity contribution >= 4 is 23.5 Å². The van der Waals surface area contributed by atoms with Crippen LogP contribution in [0.2, 0.25) is 5.02 Å². The summed E-state index contributed by atoms with van der Waals surface area (Å²) in [6.07, 6.45) is 1.72. The molecule has 2 heterocycles. The number of methoxy groups -OCH3 is 1. The molecule has 1 unspecified atom stereocenters. The number of carbonyl (C=O) groups excluding carboxylic acids is 1. The number of nitrogens with one attached hydrogen (secondary N) is 1. The predicted octanol–water partition coefficient (Wildman–Crippen LogP) is 4.55. The zero-order valence-electron chi connectivity index (χ0n) is 19.2. The second-order valence-electron chi connectivity index (χ2n) is 7.83. The molecule has 1 atom stereocenters. The summed E-state index contributed by atoms with van der Waals surface area (Å²) in [6.45, 7) is 4.55. The number of esters is 1. The fourth-order valence-corrected chi connectivity index (χ4v) is 3.81. The van der Waals surface area contributed by atoms with Gasteiger partial charge in [0.25, 0.3) is 0 Å². The van der Waals surface area contributed by atoms with Crippen LogP contribution in [0, 0.1) is 0 Å². The predicted molar refractivity (Wildman–Crippen MR) is 127 cm³/mol. The summed E-state index contributed by atoms with van der Waals surface area (Å²) >= 11 is 5.96. The topological polar surface area (TPSA) is 100 Å². The van der Waals surface area contributed by atoms with Gasteiger partial charge in [0.15, 0.2) is 11.5 Å². The number of unbranched alkanes of at least 4 members (excludes halogenated alkanes) is 1. The number of carbonyl (C=O) groups is 1. The lowest BCUT2D eigenvalue weighted by Crippen LogP contribution is -2.30. The van der Waals surface area contributed by atoms with E-state index in [0.29, 0.717) is 47.0 Å². The van der Waals surface area contributed by atoms with Crippen molar-refractivity contribution in [3.63, 3.8) is 0 Å². The molecule has 0 radical (unpaired) electrons. The molecule has 1 aromatic heterocycles. The van der Waals surface area contributed by atoms with Crippen LogP contribution < -0.4 is 14.8 Å². The summed E-state index contributed by atoms with van der Waals surface area (Å²) in [5, 5.41) is 15.6. The molecule has 0 fully saturated rings. The van der Waals surface area contributed by atoms with Crippen molar-refractivity contribution in [2.24, 2.45) is 0 Å². The molecule has 9 nitrogen and oxygen atoms in total. The van der Waals surface area contributed by atoms with Gasteiger partial charge < -0.3 is 19.5 Å². The summed E-state index contributed by atoms with van der Waals surface area (Å²) in [4.78, 5) is 13.0. The highest BCUT2D eigenvalue weighted by Gasteiger charge is 2.35. The van der Waals surface area contributed by atoms with Crippen molar-refractivity contribution in [3.05, 3.63) is 69.9 Å². The Morgan fingerprint density at radius 2 is 1.97 bits per heavy atom. The number of aromatic nitrogens is 4. The van der Waals surface area contributed by atoms with Gasteiger partial charge in [0, 0.05) is 10.7 Å². The quantitative estimate of drug-likeness (QED) is 0.349. The Morgan fingerprint density at radius 3 is 2.71 bits per heavy atom. The first-order chi connectivity index (χ1) is 16.5. The lowest BCUT2D eigenvalue weighted by Gasteiger charge is -2.27. The van der Waals surface area contributed by atoms with E-state index in [0.717, 1.165) is 24.0 Å². The van der Waals surface area contributed by atoms with E-state index in [9.17, 15) is 4.79 Å². The molecule has 0 aliphatic carbocycles. The third-order valence-electron chi connectivity index (χ3n) is 5.48. The molecule has 1 N–H and O–H groups in total. The van der Waals surface area contributed by atoms with Crippen molar-refractivity contribution in [2.75, 3.05) is 19.0 Å². The molecule has 178 valence electrons. The Hall–Kier alpha value is -3.59. The van der Waals surface area contributed by atoms with E-state index in [-0.39, 0.29) is 0 Å². The lowest BCUT2D eigenvalue weighted by molar-refractivity contribution is -0.139. The van der Waals surface area contributed by atoms with Gasteiger partial charge in [0.05, 0.1) is 19.3 Å². The number of anilines is 1. The molecule has 10 heteroatoms. The third-order valence-corrected chi connectivity index (χ3v) is 5.73. The lowest BCUT2D eigenvalue weighted by atomic mass is 9.95. The van der Waals surface area contributed by atoms with Crippen LogP contribution in [0.5, 0.6) is 11.5 Å². The molecule has 1 aliphatic heterocycles. The highest BCUT2D eigenvalue weighted by molar-refractivity contribution is 6.30. The number of ether oxygens (including phenoxy) is 3. The average molecular weight is 484 g/mol. The molecule has 3 aromatic rings. The maximum absolute atomic E-state index is 13.0. The number of hydrogen-bond acceptors (Lipinski definition) is 8. The summed E-state index contributed by atoms with van der Waals surface area (Å²) in [5.41, 5.74) is 2.80. The zero-order valence-corrected chi connectivity index (χ0v) is 20.0. The molecule has 2 aromatic carbocycles. The van der Waals surface area contributed by atoms with Gasteiger partial charge in [-0.25, -0.2) is 4.79 Å². The number of fused-ring (bicyclic) bond motifs is 1. The van der Waals surface area contributed by atoms with Crippen LogP contribution >= 0.6 is 11.6 Å². The van der Waals surface area contributed by atoms with Crippen molar-refractivity contribution in [1.82, 2.24) is 20.2 Å². The zero-order chi connectivity index (χ0) is 24.1. The smallest absolute Gasteiger partial charge is 0.338 e. The fourth-order valence-electron chi connectivity index (χ4n) is 3.69. The van der Waals surface area contributed by atoms with Crippen molar-refractivity contribution in [3.8, 4) is 11.5 Å². The molecular formula is C24H26ClN5O4. The SMILES string of the molecule is CCCCOC(=O)C1=C(C)Nc2nnnn2C1c1ccc(OCc2ccc(Cl)cc2)c(OC)c1. The first-order valence-electron chi connectivity index (χ1n) is 11.0. The number of allylic oxidation sites excluding steroid dienone is 1. The summed E-state index contributed by atoms with van der Waals surface area (Å²) in [7, 11) is 1.57. The minimum atomic E-state index is -0.584. The summed E-state index contributed by atoms with van der Waals surface area (Å²) in [6, 6.07) is 12.4. The third kappa shape index (κ3) is 4.99. The number of nitrogens with zero attached hydrogens (tertiary/aromatic N) is 4. The van der Waals surface area contributed by atoms with Crippen molar-refractivity contribution < 1.29 is 19.0 Å². The van der Waals surface area contributed by atoms with Crippen molar-refractivity contribution in [2.45, 2.75) is 39.3 Å². The Kier molecular flexibility index (Phi) is 7.32. The molecule has 34 heavy (non-hydrogen) atoms. The van der Waals surface area contributed by atoms with Crippen LogP contribution in [0.1, 0.15) is 43.9 Å². The number of tetrazole rings is 1. The molecule has 0 saturated heterocycles. The summed E-state index contributed by atoms with van der Waals surface area (Å²) in [5.74, 6) is 1.12. The van der Waals surface area contributed by atoms with Gasteiger partial charge in [-0.15, -0.1) is 0 Å². The Bertz CT molecular complexity index is 1190. The van der Waals surface area contributed by atoms with Crippen LogP contribution in [0.25, 0.3) is 0 Å². The molecule has 4 rings (SSSR count). The minimum Gasteiger partial charge on any atom is -0.493 e. The number of hydrogen-bond donors (Lipinski definition) is 1. The number of halogens is 1. The Balaban J connectivity index is 1.64. The molecular weight excluding hydrogens is 458 g/mol. The fraction of sp³-hybridized carbons (Fsp3) is 0.333. The normalized spacial score (nSPS) is 14.9. The van der Waals surface area contributed by atoms with Crippen molar-refractivity contribution in [1.29, 1.82) is 0 Å². The Labute approximate surface area is 202 Å². The maximum Gasteiger partial charge on any atom is 0.338 e. The second-order valence-corrected chi connectivity index (χ2v) is 8.26. The van der Waals surface area contributed by atoms with Gasteiger partial charge >= 0.3 is 5.97 Å². The Morgan fingerprint density at radius 1 is 1.18 bits per heavy atom. The summed E-state index contributed by atoms with van der Waals surface area (Å²) < 4.78 is 18.7. The molecule has 1 aliphatic rings. The van der Waals surface area contributed by atoms with Crippen LogP contribution in [0.4, 0.5) is 5.95 Å². The maximum atomic E-state index is 13.0. The van der Waals surface area contributed by atoms with Crippen LogP contribution in [-0.4, -0.2) is 39.9 Å². The molecule has 0 saturated carbocycles. The van der Waals surface area contributed by atoms with E-state index >= 15 is 0 Å². The van der Waals surface area contributed by atoms with Crippen LogP contribution in [-0.2, 0) is 16.1 Å². The van der Waals surface area contributed by atoms with E-state index in [1.807, 2.05) is 56.3 Å². The highest BCUT2D eigenvalue weighted by Crippen LogP contribution is 2.38. The van der Waals surface area contributed by atoms with Gasteiger partial charge in [0.1, 0.15) is 12.6 Å². The van der Waals surface area contributed by atoms with Crippen LogP contribution in [0.15, 0.2) is 53.7 Å². The highest BCUT2D eigenvalue weighted by atomic mass is 35.5. The van der Waals surface area contributed by atoms with Gasteiger partial charge in [0.2, 0.25) is 5.95 Å². The first-order valence-corrected chi connectivity index (χ1v) is 11.4. The van der Waals surface area contributed by atoms with E-state index in [1.54, 1.807) is 11.8 Å². The van der Waals surface area contributed by atoms with E-state index in [2.05, 4.69) is 20.8 Å². The van der Waals surface area contributed by atoms with E-state index in [1.165, 1.54) is 0 Å². The van der Waals surface area contributed by atoms with Gasteiger partial charge in [-0.1, -0.05) is 48.2 Å². The van der Waals surface area contributed by atoms with Gasteiger partial charge in [-0.3, -0.25) is 0 Å². The second kappa shape index (κ2) is 10.6. The van der Waals surface area contributed by atoms with Gasteiger partial charge in [-0.2, -0.15) is 4.68 Å². The van der Waals surface area contributed by atoms with Crippen LogP contribution in [0.3, 0.4) is 0 Å². The molecule has 0 amide bonds. The van der Waals surface area contributed by atoms with E-state index < -0.39 is 12.0 Å². The van der Waals surface area contributed by atoms with E-state index in [4.69, 9.17) is 25.8 Å². The monoisotopic (exact) mass is 483 g/mol. The minimum absolute atomic E-state index is 0.349. The number of benzene rings is 2. The largest absolute Gasteiger partial charge is 0.493 e. The molecule has 0 spiro atoms. The first kappa shape index (κ1) is 23.6. The number of rotatable bonds is 9. The molecule has 0 bridgehead atoms.